The number of hydrogen-bond donors (Lipinski definition) is 0. The maximum Gasteiger partial charge on any atom is 0.254 e. The number of hydrogen-bond acceptors (Lipinski definition) is 9. The van der Waals surface area contributed by atoms with Crippen LogP contribution in [0.1, 0.15) is 6.92 Å². The number of benzene rings is 1. The van der Waals surface area contributed by atoms with E-state index in [4.69, 9.17) is 24.4 Å². The SMILES string of the molecule is CCn1c(N2CCN3CCOCC3C2)nc2c(N3CCOCC3)nc(-n3cc(-c4ccccc4)cn3)nc21. The van der Waals surface area contributed by atoms with Crippen LogP contribution in [0.15, 0.2) is 42.7 Å². The zero-order valence-corrected chi connectivity index (χ0v) is 21.7. The summed E-state index contributed by atoms with van der Waals surface area (Å²) < 4.78 is 15.4. The minimum absolute atomic E-state index is 0.392. The van der Waals surface area contributed by atoms with Crippen LogP contribution >= 0.6 is 0 Å². The summed E-state index contributed by atoms with van der Waals surface area (Å²) in [6.45, 7) is 11.3. The lowest BCUT2D eigenvalue weighted by atomic mass is 10.1. The Morgan fingerprint density at radius 1 is 0.868 bits per heavy atom. The van der Waals surface area contributed by atoms with Crippen LogP contribution in [0.25, 0.3) is 28.2 Å². The quantitative estimate of drug-likeness (QED) is 0.396. The molecular weight excluding hydrogens is 482 g/mol. The van der Waals surface area contributed by atoms with Crippen molar-refractivity contribution in [2.24, 2.45) is 0 Å². The van der Waals surface area contributed by atoms with Gasteiger partial charge in [0.15, 0.2) is 17.0 Å². The molecule has 3 aliphatic heterocycles. The van der Waals surface area contributed by atoms with Crippen molar-refractivity contribution in [2.45, 2.75) is 19.5 Å². The van der Waals surface area contributed by atoms with Gasteiger partial charge in [0.1, 0.15) is 0 Å². The summed E-state index contributed by atoms with van der Waals surface area (Å²) in [5.41, 5.74) is 3.82. The van der Waals surface area contributed by atoms with Crippen molar-refractivity contribution in [3.05, 3.63) is 42.7 Å². The highest BCUT2D eigenvalue weighted by Gasteiger charge is 2.33. The number of imidazole rings is 1. The van der Waals surface area contributed by atoms with Gasteiger partial charge in [-0.05, 0) is 12.5 Å². The second-order valence-corrected chi connectivity index (χ2v) is 10.0. The largest absolute Gasteiger partial charge is 0.378 e. The van der Waals surface area contributed by atoms with Crippen molar-refractivity contribution in [3.63, 3.8) is 0 Å². The fourth-order valence-corrected chi connectivity index (χ4v) is 5.73. The molecule has 0 aliphatic carbocycles. The molecule has 0 saturated carbocycles. The molecule has 3 aromatic heterocycles. The van der Waals surface area contributed by atoms with Gasteiger partial charge in [-0.25, -0.2) is 9.67 Å². The van der Waals surface area contributed by atoms with Crippen LogP contribution in [0.4, 0.5) is 11.8 Å². The molecule has 0 radical (unpaired) electrons. The summed E-state index contributed by atoms with van der Waals surface area (Å²) in [6, 6.07) is 10.6. The van der Waals surface area contributed by atoms with E-state index in [0.29, 0.717) is 25.2 Å². The lowest BCUT2D eigenvalue weighted by Gasteiger charge is -2.44. The first-order valence-corrected chi connectivity index (χ1v) is 13.6. The van der Waals surface area contributed by atoms with E-state index in [1.807, 2.05) is 30.6 Å². The smallest absolute Gasteiger partial charge is 0.254 e. The van der Waals surface area contributed by atoms with E-state index in [1.54, 1.807) is 4.68 Å². The molecule has 0 amide bonds. The molecule has 4 aromatic rings. The fourth-order valence-electron chi connectivity index (χ4n) is 5.73. The third-order valence-electron chi connectivity index (χ3n) is 7.79. The number of fused-ring (bicyclic) bond motifs is 2. The first-order valence-electron chi connectivity index (χ1n) is 13.6. The third kappa shape index (κ3) is 4.20. The van der Waals surface area contributed by atoms with Crippen molar-refractivity contribution >= 4 is 22.9 Å². The highest BCUT2D eigenvalue weighted by Crippen LogP contribution is 2.31. The number of anilines is 2. The Hall–Kier alpha value is -3.54. The molecule has 3 saturated heterocycles. The zero-order chi connectivity index (χ0) is 25.5. The molecule has 0 N–H and O–H groups in total. The number of morpholine rings is 2. The van der Waals surface area contributed by atoms with Crippen LogP contribution in [0, 0.1) is 0 Å². The minimum Gasteiger partial charge on any atom is -0.378 e. The highest BCUT2D eigenvalue weighted by atomic mass is 16.5. The molecule has 1 atom stereocenters. The van der Waals surface area contributed by atoms with Crippen molar-refractivity contribution in [3.8, 4) is 17.1 Å². The van der Waals surface area contributed by atoms with Crippen LogP contribution in [0.3, 0.4) is 0 Å². The molecule has 3 aliphatic rings. The van der Waals surface area contributed by atoms with Crippen molar-refractivity contribution in [1.82, 2.24) is 34.2 Å². The van der Waals surface area contributed by atoms with E-state index in [-0.39, 0.29) is 0 Å². The predicted molar refractivity (Wildman–Crippen MR) is 145 cm³/mol. The minimum atomic E-state index is 0.392. The second kappa shape index (κ2) is 9.97. The Labute approximate surface area is 221 Å². The number of piperazine rings is 1. The van der Waals surface area contributed by atoms with Gasteiger partial charge < -0.3 is 19.3 Å². The van der Waals surface area contributed by atoms with E-state index >= 15 is 0 Å². The van der Waals surface area contributed by atoms with Crippen LogP contribution in [0.2, 0.25) is 0 Å². The Kier molecular flexibility index (Phi) is 6.18. The first-order chi connectivity index (χ1) is 18.8. The highest BCUT2D eigenvalue weighted by molar-refractivity contribution is 5.87. The van der Waals surface area contributed by atoms with Gasteiger partial charge in [0, 0.05) is 57.6 Å². The monoisotopic (exact) mass is 515 g/mol. The van der Waals surface area contributed by atoms with Crippen LogP contribution in [-0.2, 0) is 16.0 Å². The molecule has 6 heterocycles. The summed E-state index contributed by atoms with van der Waals surface area (Å²) in [7, 11) is 0. The summed E-state index contributed by atoms with van der Waals surface area (Å²) in [4.78, 5) is 22.5. The standard InChI is InChI=1S/C27H33N9O2/c1-2-35-25-23(29-27(35)34-9-8-32-10-15-38-19-22(32)18-34)24(33-11-13-37-14-12-33)30-26(31-25)36-17-21(16-28-36)20-6-4-3-5-7-20/h3-7,16-17,22H,2,8-15,18-19H2,1H3. The third-order valence-corrected chi connectivity index (χ3v) is 7.79. The predicted octanol–water partition coefficient (Wildman–Crippen LogP) is 2.06. The normalized spacial score (nSPS) is 20.7. The second-order valence-electron chi connectivity index (χ2n) is 10.0. The van der Waals surface area contributed by atoms with E-state index in [2.05, 4.69) is 43.4 Å². The topological polar surface area (TPSA) is 89.6 Å². The first kappa shape index (κ1) is 23.6. The van der Waals surface area contributed by atoms with Gasteiger partial charge in [-0.15, -0.1) is 0 Å². The average molecular weight is 516 g/mol. The molecule has 0 spiro atoms. The van der Waals surface area contributed by atoms with E-state index < -0.39 is 0 Å². The number of ether oxygens (including phenoxy) is 2. The summed E-state index contributed by atoms with van der Waals surface area (Å²) in [5.74, 6) is 2.35. The van der Waals surface area contributed by atoms with E-state index in [1.165, 1.54) is 0 Å². The van der Waals surface area contributed by atoms with Crippen molar-refractivity contribution < 1.29 is 9.47 Å². The van der Waals surface area contributed by atoms with Crippen molar-refractivity contribution in [2.75, 3.05) is 75.5 Å². The van der Waals surface area contributed by atoms with Gasteiger partial charge >= 0.3 is 0 Å². The Morgan fingerprint density at radius 2 is 1.71 bits per heavy atom. The Bertz CT molecular complexity index is 1410. The maximum atomic E-state index is 5.79. The Balaban J connectivity index is 1.32. The molecule has 1 unspecified atom stereocenters. The average Bonchev–Trinajstić information content (AvgIpc) is 3.63. The van der Waals surface area contributed by atoms with E-state index in [0.717, 1.165) is 93.1 Å². The molecule has 0 bridgehead atoms. The molecule has 7 rings (SSSR count). The molecule has 198 valence electrons. The maximum absolute atomic E-state index is 5.79. The summed E-state index contributed by atoms with van der Waals surface area (Å²) >= 11 is 0. The number of aromatic nitrogens is 6. The zero-order valence-electron chi connectivity index (χ0n) is 21.7. The molecule has 38 heavy (non-hydrogen) atoms. The van der Waals surface area contributed by atoms with Crippen LogP contribution < -0.4 is 9.80 Å². The van der Waals surface area contributed by atoms with Crippen LogP contribution in [-0.4, -0.2) is 106 Å². The summed E-state index contributed by atoms with van der Waals surface area (Å²) in [5, 5.41) is 4.64. The molecule has 11 heteroatoms. The number of nitrogens with zero attached hydrogens (tertiary/aromatic N) is 9. The van der Waals surface area contributed by atoms with Crippen LogP contribution in [0.5, 0.6) is 0 Å². The van der Waals surface area contributed by atoms with Gasteiger partial charge in [-0.1, -0.05) is 30.3 Å². The lowest BCUT2D eigenvalue weighted by molar-refractivity contribution is -0.0119. The Morgan fingerprint density at radius 3 is 2.55 bits per heavy atom. The van der Waals surface area contributed by atoms with Gasteiger partial charge in [0.25, 0.3) is 5.95 Å². The van der Waals surface area contributed by atoms with E-state index in [9.17, 15) is 0 Å². The molecule has 3 fully saturated rings. The molecule has 1 aromatic carbocycles. The number of rotatable bonds is 5. The van der Waals surface area contributed by atoms with Gasteiger partial charge in [0.2, 0.25) is 5.95 Å². The molecular formula is C27H33N9O2. The molecule has 11 nitrogen and oxygen atoms in total. The van der Waals surface area contributed by atoms with Gasteiger partial charge in [-0.2, -0.15) is 15.1 Å². The number of aryl methyl sites for hydroxylation is 1. The summed E-state index contributed by atoms with van der Waals surface area (Å²) in [6.07, 6.45) is 3.86. The lowest BCUT2D eigenvalue weighted by Crippen LogP contribution is -2.58. The van der Waals surface area contributed by atoms with Crippen molar-refractivity contribution in [1.29, 1.82) is 0 Å². The van der Waals surface area contributed by atoms with Gasteiger partial charge in [0.05, 0.1) is 38.7 Å². The fraction of sp³-hybridized carbons (Fsp3) is 0.481. The van der Waals surface area contributed by atoms with Gasteiger partial charge in [-0.3, -0.25) is 9.47 Å².